The van der Waals surface area contributed by atoms with Gasteiger partial charge in [0, 0.05) is 5.92 Å². The molecular formula is C8H12O3. The molecule has 1 unspecified atom stereocenters. The Morgan fingerprint density at radius 3 is 2.64 bits per heavy atom. The molecule has 0 bridgehead atoms. The third-order valence-electron chi connectivity index (χ3n) is 2.50. The summed E-state index contributed by atoms with van der Waals surface area (Å²) < 4.78 is 10.6. The van der Waals surface area contributed by atoms with Crippen LogP contribution < -0.4 is 0 Å². The quantitative estimate of drug-likeness (QED) is 0.515. The molecule has 3 heteroatoms. The first-order valence-electron chi connectivity index (χ1n) is 4.02. The smallest absolute Gasteiger partial charge is 0.125 e. The highest BCUT2D eigenvalue weighted by atomic mass is 16.6. The molecule has 0 aromatic heterocycles. The van der Waals surface area contributed by atoms with Crippen LogP contribution in [0.4, 0.5) is 0 Å². The van der Waals surface area contributed by atoms with Crippen molar-refractivity contribution in [2.45, 2.75) is 18.4 Å². The first kappa shape index (κ1) is 7.25. The number of ether oxygens (including phenoxy) is 2. The van der Waals surface area contributed by atoms with Gasteiger partial charge in [0.25, 0.3) is 0 Å². The fraction of sp³-hybridized carbons (Fsp3) is 0.875. The van der Waals surface area contributed by atoms with E-state index in [0.717, 1.165) is 32.3 Å². The van der Waals surface area contributed by atoms with Gasteiger partial charge in [-0.05, 0) is 12.8 Å². The SMILES string of the molecule is O=CC1CCC2(COC2)OC1. The summed E-state index contributed by atoms with van der Waals surface area (Å²) in [7, 11) is 0. The first-order valence-corrected chi connectivity index (χ1v) is 4.02. The average Bonchev–Trinajstić information content (AvgIpc) is 2.02. The van der Waals surface area contributed by atoms with Crippen LogP contribution in [0.1, 0.15) is 12.8 Å². The van der Waals surface area contributed by atoms with Gasteiger partial charge in [-0.2, -0.15) is 0 Å². The third-order valence-corrected chi connectivity index (χ3v) is 2.50. The van der Waals surface area contributed by atoms with Crippen LogP contribution in [-0.2, 0) is 14.3 Å². The Hall–Kier alpha value is -0.410. The van der Waals surface area contributed by atoms with Gasteiger partial charge in [-0.3, -0.25) is 0 Å². The molecule has 0 aliphatic carbocycles. The van der Waals surface area contributed by atoms with Gasteiger partial charge >= 0.3 is 0 Å². The van der Waals surface area contributed by atoms with Gasteiger partial charge in [0.2, 0.25) is 0 Å². The van der Waals surface area contributed by atoms with E-state index in [1.165, 1.54) is 0 Å². The summed E-state index contributed by atoms with van der Waals surface area (Å²) in [6.07, 6.45) is 2.94. The second-order valence-corrected chi connectivity index (χ2v) is 3.42. The van der Waals surface area contributed by atoms with Gasteiger partial charge in [-0.25, -0.2) is 0 Å². The van der Waals surface area contributed by atoms with Gasteiger partial charge in [0.1, 0.15) is 11.9 Å². The lowest BCUT2D eigenvalue weighted by Gasteiger charge is -2.45. The molecule has 0 radical (unpaired) electrons. The van der Waals surface area contributed by atoms with Gasteiger partial charge in [-0.15, -0.1) is 0 Å². The van der Waals surface area contributed by atoms with E-state index in [9.17, 15) is 4.79 Å². The number of carbonyl (C=O) groups is 1. The van der Waals surface area contributed by atoms with Gasteiger partial charge in [-0.1, -0.05) is 0 Å². The third kappa shape index (κ3) is 1.19. The lowest BCUT2D eigenvalue weighted by molar-refractivity contribution is -0.232. The summed E-state index contributed by atoms with van der Waals surface area (Å²) in [4.78, 5) is 10.4. The molecule has 0 aromatic carbocycles. The van der Waals surface area contributed by atoms with Crippen molar-refractivity contribution in [3.8, 4) is 0 Å². The highest BCUT2D eigenvalue weighted by molar-refractivity contribution is 5.53. The second-order valence-electron chi connectivity index (χ2n) is 3.42. The largest absolute Gasteiger partial charge is 0.375 e. The molecule has 0 saturated carbocycles. The summed E-state index contributed by atoms with van der Waals surface area (Å²) in [5.41, 5.74) is -0.000486. The molecular weight excluding hydrogens is 144 g/mol. The Balaban J connectivity index is 1.88. The zero-order chi connectivity index (χ0) is 7.73. The molecule has 1 atom stereocenters. The predicted molar refractivity (Wildman–Crippen MR) is 38.3 cm³/mol. The molecule has 2 fully saturated rings. The molecule has 11 heavy (non-hydrogen) atoms. The molecule has 2 aliphatic heterocycles. The minimum Gasteiger partial charge on any atom is -0.375 e. The molecule has 0 amide bonds. The molecule has 0 aromatic rings. The van der Waals surface area contributed by atoms with Crippen molar-refractivity contribution in [3.05, 3.63) is 0 Å². The second kappa shape index (κ2) is 2.57. The fourth-order valence-electron chi connectivity index (χ4n) is 1.55. The Kier molecular flexibility index (Phi) is 1.69. The molecule has 0 N–H and O–H groups in total. The number of rotatable bonds is 1. The van der Waals surface area contributed by atoms with Crippen LogP contribution in [0, 0.1) is 5.92 Å². The zero-order valence-electron chi connectivity index (χ0n) is 6.41. The van der Waals surface area contributed by atoms with Crippen molar-refractivity contribution in [1.29, 1.82) is 0 Å². The Labute approximate surface area is 65.7 Å². The van der Waals surface area contributed by atoms with Crippen LogP contribution in [0.2, 0.25) is 0 Å². The Morgan fingerprint density at radius 1 is 1.45 bits per heavy atom. The summed E-state index contributed by atoms with van der Waals surface area (Å²) in [5.74, 6) is 0.126. The van der Waals surface area contributed by atoms with Crippen molar-refractivity contribution in [1.82, 2.24) is 0 Å². The number of carbonyl (C=O) groups excluding carboxylic acids is 1. The Bertz CT molecular complexity index is 153. The standard InChI is InChI=1S/C8H12O3/c9-3-7-1-2-8(11-4-7)5-10-6-8/h3,7H,1-2,4-6H2. The Morgan fingerprint density at radius 2 is 2.27 bits per heavy atom. The molecule has 2 rings (SSSR count). The molecule has 1 spiro atoms. The monoisotopic (exact) mass is 156 g/mol. The van der Waals surface area contributed by atoms with Crippen molar-refractivity contribution in [2.75, 3.05) is 19.8 Å². The summed E-state index contributed by atoms with van der Waals surface area (Å²) in [5, 5.41) is 0. The van der Waals surface area contributed by atoms with Gasteiger partial charge in [0.15, 0.2) is 0 Å². The lowest BCUT2D eigenvalue weighted by Crippen LogP contribution is -2.55. The number of hydrogen-bond acceptors (Lipinski definition) is 3. The highest BCUT2D eigenvalue weighted by Gasteiger charge is 2.42. The van der Waals surface area contributed by atoms with E-state index in [-0.39, 0.29) is 11.5 Å². The van der Waals surface area contributed by atoms with Crippen LogP contribution in [0.15, 0.2) is 0 Å². The maximum absolute atomic E-state index is 10.4. The van der Waals surface area contributed by atoms with Gasteiger partial charge in [0.05, 0.1) is 19.8 Å². The van der Waals surface area contributed by atoms with Crippen LogP contribution in [0.25, 0.3) is 0 Å². The normalized spacial score (nSPS) is 34.7. The first-order chi connectivity index (χ1) is 5.35. The van der Waals surface area contributed by atoms with E-state index in [1.807, 2.05) is 0 Å². The molecule has 3 nitrogen and oxygen atoms in total. The molecule has 2 aliphatic rings. The minimum absolute atomic E-state index is 0.000486. The highest BCUT2D eigenvalue weighted by Crippen LogP contribution is 2.33. The molecule has 2 heterocycles. The van der Waals surface area contributed by atoms with E-state index in [1.54, 1.807) is 0 Å². The minimum atomic E-state index is -0.000486. The van der Waals surface area contributed by atoms with E-state index in [0.29, 0.717) is 6.61 Å². The van der Waals surface area contributed by atoms with Crippen LogP contribution in [0.3, 0.4) is 0 Å². The lowest BCUT2D eigenvalue weighted by atomic mass is 9.88. The van der Waals surface area contributed by atoms with Crippen molar-refractivity contribution < 1.29 is 14.3 Å². The fourth-order valence-corrected chi connectivity index (χ4v) is 1.55. The van der Waals surface area contributed by atoms with Crippen LogP contribution in [0.5, 0.6) is 0 Å². The van der Waals surface area contributed by atoms with E-state index < -0.39 is 0 Å². The zero-order valence-corrected chi connectivity index (χ0v) is 6.41. The van der Waals surface area contributed by atoms with E-state index >= 15 is 0 Å². The molecule has 62 valence electrons. The van der Waals surface area contributed by atoms with Crippen LogP contribution >= 0.6 is 0 Å². The summed E-state index contributed by atoms with van der Waals surface area (Å²) >= 11 is 0. The van der Waals surface area contributed by atoms with E-state index in [2.05, 4.69) is 0 Å². The van der Waals surface area contributed by atoms with Crippen LogP contribution in [-0.4, -0.2) is 31.7 Å². The summed E-state index contributed by atoms with van der Waals surface area (Å²) in [6, 6.07) is 0. The number of aldehydes is 1. The van der Waals surface area contributed by atoms with Gasteiger partial charge < -0.3 is 14.3 Å². The molecule has 2 saturated heterocycles. The van der Waals surface area contributed by atoms with E-state index in [4.69, 9.17) is 9.47 Å². The number of hydrogen-bond donors (Lipinski definition) is 0. The van der Waals surface area contributed by atoms with Crippen molar-refractivity contribution >= 4 is 6.29 Å². The predicted octanol–water partition coefficient (Wildman–Crippen LogP) is 0.381. The topological polar surface area (TPSA) is 35.5 Å². The average molecular weight is 156 g/mol. The maximum atomic E-state index is 10.4. The summed E-state index contributed by atoms with van der Waals surface area (Å²) in [6.45, 7) is 2.03. The van der Waals surface area contributed by atoms with Crippen molar-refractivity contribution in [2.24, 2.45) is 5.92 Å². The van der Waals surface area contributed by atoms with Crippen molar-refractivity contribution in [3.63, 3.8) is 0 Å². The maximum Gasteiger partial charge on any atom is 0.125 e.